The molecule has 0 bridgehead atoms. The lowest BCUT2D eigenvalue weighted by molar-refractivity contribution is -0.139. The van der Waals surface area contributed by atoms with Crippen LogP contribution in [0, 0.1) is 0 Å². The molecule has 0 spiro atoms. The number of rotatable bonds is 5. The third kappa shape index (κ3) is 2.77. The summed E-state index contributed by atoms with van der Waals surface area (Å²) in [6.45, 7) is 1.94. The molecule has 0 unspecified atom stereocenters. The van der Waals surface area contributed by atoms with Crippen molar-refractivity contribution in [1.82, 2.24) is 4.90 Å². The second-order valence-electron chi connectivity index (χ2n) is 4.55. The zero-order chi connectivity index (χ0) is 14.7. The van der Waals surface area contributed by atoms with Gasteiger partial charge in [-0.25, -0.2) is 0 Å². The first-order chi connectivity index (χ1) is 9.52. The van der Waals surface area contributed by atoms with E-state index in [0.29, 0.717) is 11.1 Å². The lowest BCUT2D eigenvalue weighted by Gasteiger charge is -2.13. The van der Waals surface area contributed by atoms with E-state index in [1.165, 1.54) is 6.08 Å². The number of carboxylic acids is 1. The van der Waals surface area contributed by atoms with Crippen molar-refractivity contribution >= 4 is 23.4 Å². The Balaban J connectivity index is 2.17. The van der Waals surface area contributed by atoms with Crippen LogP contribution in [0.2, 0.25) is 0 Å². The van der Waals surface area contributed by atoms with Crippen LogP contribution in [0.4, 0.5) is 0 Å². The van der Waals surface area contributed by atoms with Crippen molar-refractivity contribution in [2.75, 3.05) is 6.54 Å². The highest BCUT2D eigenvalue weighted by molar-refractivity contribution is 6.33. The minimum Gasteiger partial charge on any atom is -0.481 e. The van der Waals surface area contributed by atoms with Gasteiger partial charge in [-0.1, -0.05) is 31.2 Å². The summed E-state index contributed by atoms with van der Waals surface area (Å²) in [5, 5.41) is 8.62. The molecule has 1 aliphatic rings. The Morgan fingerprint density at radius 3 is 2.40 bits per heavy atom. The Labute approximate surface area is 116 Å². The topological polar surface area (TPSA) is 74.7 Å². The molecule has 0 saturated heterocycles. The normalized spacial score (nSPS) is 14.7. The van der Waals surface area contributed by atoms with Crippen molar-refractivity contribution in [3.05, 3.63) is 41.5 Å². The van der Waals surface area contributed by atoms with Gasteiger partial charge in [0.1, 0.15) is 0 Å². The maximum Gasteiger partial charge on any atom is 0.305 e. The molecule has 0 saturated carbocycles. The van der Waals surface area contributed by atoms with Crippen LogP contribution in [-0.2, 0) is 20.8 Å². The van der Waals surface area contributed by atoms with Crippen LogP contribution >= 0.6 is 0 Å². The SMILES string of the molecule is CCc1ccc(C2=CC(=O)N(CCC(=O)O)C2=O)cc1. The van der Waals surface area contributed by atoms with Gasteiger partial charge in [-0.2, -0.15) is 0 Å². The minimum absolute atomic E-state index is 0.0972. The van der Waals surface area contributed by atoms with Crippen LogP contribution in [0.3, 0.4) is 0 Å². The lowest BCUT2D eigenvalue weighted by Crippen LogP contribution is -2.32. The molecule has 0 fully saturated rings. The standard InChI is InChI=1S/C15H15NO4/c1-2-10-3-5-11(6-4-10)12-9-13(17)16(15(12)20)8-7-14(18)19/h3-6,9H,2,7-8H2,1H3,(H,18,19). The Kier molecular flexibility index (Phi) is 3.98. The predicted molar refractivity (Wildman–Crippen MR) is 72.8 cm³/mol. The Morgan fingerprint density at radius 1 is 1.20 bits per heavy atom. The van der Waals surface area contributed by atoms with Crippen molar-refractivity contribution in [3.8, 4) is 0 Å². The number of imide groups is 1. The van der Waals surface area contributed by atoms with Gasteiger partial charge in [0.25, 0.3) is 11.8 Å². The summed E-state index contributed by atoms with van der Waals surface area (Å²) in [6, 6.07) is 7.43. The summed E-state index contributed by atoms with van der Waals surface area (Å²) in [6.07, 6.45) is 1.93. The number of hydrogen-bond acceptors (Lipinski definition) is 3. The number of carbonyl (C=O) groups excluding carboxylic acids is 2. The number of aliphatic carboxylic acids is 1. The van der Waals surface area contributed by atoms with E-state index in [2.05, 4.69) is 0 Å². The van der Waals surface area contributed by atoms with E-state index in [4.69, 9.17) is 5.11 Å². The van der Waals surface area contributed by atoms with Gasteiger partial charge in [0, 0.05) is 12.6 Å². The number of nitrogens with zero attached hydrogens (tertiary/aromatic N) is 1. The maximum atomic E-state index is 12.1. The molecule has 0 aliphatic carbocycles. The minimum atomic E-state index is -1.04. The van der Waals surface area contributed by atoms with Crippen LogP contribution < -0.4 is 0 Å². The molecule has 0 aromatic heterocycles. The van der Waals surface area contributed by atoms with Gasteiger partial charge in [0.05, 0.1) is 12.0 Å². The fraction of sp³-hybridized carbons (Fsp3) is 0.267. The first-order valence-electron chi connectivity index (χ1n) is 6.41. The van der Waals surface area contributed by atoms with Gasteiger partial charge in [-0.3, -0.25) is 19.3 Å². The highest BCUT2D eigenvalue weighted by atomic mass is 16.4. The highest BCUT2D eigenvalue weighted by Crippen LogP contribution is 2.24. The summed E-state index contributed by atoms with van der Waals surface area (Å²) < 4.78 is 0. The van der Waals surface area contributed by atoms with Gasteiger partial charge in [0.2, 0.25) is 0 Å². The maximum absolute atomic E-state index is 12.1. The van der Waals surface area contributed by atoms with Crippen LogP contribution in [0.5, 0.6) is 0 Å². The molecule has 1 N–H and O–H groups in total. The Hall–Kier alpha value is -2.43. The molecule has 104 valence electrons. The summed E-state index contributed by atoms with van der Waals surface area (Å²) in [4.78, 5) is 35.4. The second-order valence-corrected chi connectivity index (χ2v) is 4.55. The summed E-state index contributed by atoms with van der Waals surface area (Å²) >= 11 is 0. The van der Waals surface area contributed by atoms with Gasteiger partial charge in [-0.15, -0.1) is 0 Å². The summed E-state index contributed by atoms with van der Waals surface area (Å²) in [5.74, 6) is -1.92. The highest BCUT2D eigenvalue weighted by Gasteiger charge is 2.31. The third-order valence-corrected chi connectivity index (χ3v) is 3.23. The Morgan fingerprint density at radius 2 is 1.85 bits per heavy atom. The zero-order valence-corrected chi connectivity index (χ0v) is 11.1. The molecule has 0 radical (unpaired) electrons. The van der Waals surface area contributed by atoms with E-state index in [0.717, 1.165) is 16.9 Å². The fourth-order valence-corrected chi connectivity index (χ4v) is 2.05. The number of amides is 2. The van der Waals surface area contributed by atoms with Gasteiger partial charge in [-0.05, 0) is 17.5 Å². The first kappa shape index (κ1) is 14.0. The van der Waals surface area contributed by atoms with Crippen molar-refractivity contribution in [2.45, 2.75) is 19.8 Å². The number of hydrogen-bond donors (Lipinski definition) is 1. The molecule has 2 rings (SSSR count). The number of carbonyl (C=O) groups is 3. The monoisotopic (exact) mass is 273 g/mol. The van der Waals surface area contributed by atoms with Gasteiger partial charge >= 0.3 is 5.97 Å². The van der Waals surface area contributed by atoms with E-state index >= 15 is 0 Å². The summed E-state index contributed by atoms with van der Waals surface area (Å²) in [5.41, 5.74) is 2.15. The van der Waals surface area contributed by atoms with Gasteiger partial charge in [0.15, 0.2) is 0 Å². The quantitative estimate of drug-likeness (QED) is 0.824. The summed E-state index contributed by atoms with van der Waals surface area (Å²) in [7, 11) is 0. The molecule has 1 aromatic rings. The smallest absolute Gasteiger partial charge is 0.305 e. The number of carboxylic acid groups (broad SMARTS) is 1. The van der Waals surface area contributed by atoms with Crippen molar-refractivity contribution in [1.29, 1.82) is 0 Å². The molecule has 1 heterocycles. The molecule has 2 amide bonds. The van der Waals surface area contributed by atoms with E-state index in [1.807, 2.05) is 19.1 Å². The van der Waals surface area contributed by atoms with E-state index < -0.39 is 17.8 Å². The average Bonchev–Trinajstić information content (AvgIpc) is 2.72. The molecule has 1 aliphatic heterocycles. The van der Waals surface area contributed by atoms with Crippen molar-refractivity contribution in [3.63, 3.8) is 0 Å². The zero-order valence-electron chi connectivity index (χ0n) is 11.1. The molecule has 0 atom stereocenters. The number of benzene rings is 1. The van der Waals surface area contributed by atoms with Gasteiger partial charge < -0.3 is 5.11 Å². The van der Waals surface area contributed by atoms with E-state index in [1.54, 1.807) is 12.1 Å². The van der Waals surface area contributed by atoms with Crippen LogP contribution in [0.25, 0.3) is 5.57 Å². The third-order valence-electron chi connectivity index (χ3n) is 3.23. The average molecular weight is 273 g/mol. The van der Waals surface area contributed by atoms with Crippen molar-refractivity contribution in [2.24, 2.45) is 0 Å². The Bertz CT molecular complexity index is 586. The lowest BCUT2D eigenvalue weighted by atomic mass is 10.0. The molecule has 20 heavy (non-hydrogen) atoms. The fourth-order valence-electron chi connectivity index (χ4n) is 2.05. The van der Waals surface area contributed by atoms with E-state index in [-0.39, 0.29) is 13.0 Å². The predicted octanol–water partition coefficient (Wildman–Crippen LogP) is 1.48. The molecular formula is C15H15NO4. The molecular weight excluding hydrogens is 258 g/mol. The largest absolute Gasteiger partial charge is 0.481 e. The first-order valence-corrected chi connectivity index (χ1v) is 6.41. The molecule has 5 heteroatoms. The second kappa shape index (κ2) is 5.69. The molecule has 1 aromatic carbocycles. The van der Waals surface area contributed by atoms with E-state index in [9.17, 15) is 14.4 Å². The van der Waals surface area contributed by atoms with Crippen LogP contribution in [0.1, 0.15) is 24.5 Å². The van der Waals surface area contributed by atoms with Crippen LogP contribution in [0.15, 0.2) is 30.3 Å². The number of aryl methyl sites for hydroxylation is 1. The van der Waals surface area contributed by atoms with Crippen LogP contribution in [-0.4, -0.2) is 34.3 Å². The molecule has 5 nitrogen and oxygen atoms in total. The van der Waals surface area contributed by atoms with Crippen molar-refractivity contribution < 1.29 is 19.5 Å².